The van der Waals surface area contributed by atoms with Crippen molar-refractivity contribution in [3.63, 3.8) is 0 Å². The highest BCUT2D eigenvalue weighted by atomic mass is 33.1. The first-order valence-corrected chi connectivity index (χ1v) is 19.4. The quantitative estimate of drug-likeness (QED) is 0.0596. The van der Waals surface area contributed by atoms with Crippen LogP contribution in [0.1, 0.15) is 71.6 Å². The average Bonchev–Trinajstić information content (AvgIpc) is 3.50. The van der Waals surface area contributed by atoms with Crippen molar-refractivity contribution >= 4 is 69.9 Å². The first kappa shape index (κ1) is 37.2. The molecule has 0 saturated carbocycles. The summed E-state index contributed by atoms with van der Waals surface area (Å²) in [5, 5.41) is 19.8. The number of rotatable bonds is 10. The summed E-state index contributed by atoms with van der Waals surface area (Å²) in [6.45, 7) is 6.75. The zero-order valence-electron chi connectivity index (χ0n) is 24.7. The van der Waals surface area contributed by atoms with Gasteiger partial charge in [-0.3, -0.25) is 13.5 Å². The summed E-state index contributed by atoms with van der Waals surface area (Å²) in [4.78, 5) is 11.3. The molecule has 2 aliphatic rings. The fourth-order valence-electron chi connectivity index (χ4n) is 4.34. The Morgan fingerprint density at radius 2 is 1.81 bits per heavy atom. The van der Waals surface area contributed by atoms with Gasteiger partial charge in [-0.1, -0.05) is 54.7 Å². The first-order valence-electron chi connectivity index (χ1n) is 14.2. The van der Waals surface area contributed by atoms with Gasteiger partial charge in [-0.2, -0.15) is 21.9 Å². The van der Waals surface area contributed by atoms with Gasteiger partial charge in [-0.25, -0.2) is 5.53 Å². The van der Waals surface area contributed by atoms with Crippen LogP contribution in [0.5, 0.6) is 5.75 Å². The lowest BCUT2D eigenvalue weighted by atomic mass is 10.1. The van der Waals surface area contributed by atoms with E-state index in [1.807, 2.05) is 21.6 Å². The van der Waals surface area contributed by atoms with E-state index < -0.39 is 47.4 Å². The summed E-state index contributed by atoms with van der Waals surface area (Å²) in [7, 11) is -4.55. The number of nitrogens with zero attached hydrogens (tertiary/aromatic N) is 1. The number of carbonyl (C=O) groups excluding carboxylic acids is 1. The van der Waals surface area contributed by atoms with Crippen molar-refractivity contribution in [3.8, 4) is 5.75 Å². The lowest BCUT2D eigenvalue weighted by Gasteiger charge is -2.15. The Hall–Kier alpha value is -1.95. The Balaban J connectivity index is 0.000000618. The summed E-state index contributed by atoms with van der Waals surface area (Å²) in [6.07, 6.45) is 9.19. The summed E-state index contributed by atoms with van der Waals surface area (Å²) < 4.78 is 62.0. The van der Waals surface area contributed by atoms with E-state index in [-0.39, 0.29) is 22.9 Å². The molecule has 4 rings (SSSR count). The van der Waals surface area contributed by atoms with Gasteiger partial charge >= 0.3 is 0 Å². The van der Waals surface area contributed by atoms with Crippen LogP contribution >= 0.6 is 21.6 Å². The van der Waals surface area contributed by atoms with Crippen LogP contribution in [0.15, 0.2) is 33.1 Å². The number of unbranched alkanes of at least 4 members (excludes halogenated alkanes) is 1. The molecule has 2 aromatic carbocycles. The number of phenols is 1. The minimum atomic E-state index is -4.92. The van der Waals surface area contributed by atoms with Crippen LogP contribution < -0.4 is 10.6 Å². The largest absolute Gasteiger partial charge is 0.505 e. The van der Waals surface area contributed by atoms with E-state index >= 15 is 0 Å². The van der Waals surface area contributed by atoms with Crippen molar-refractivity contribution in [2.45, 2.75) is 86.7 Å². The molecule has 0 bridgehead atoms. The maximum absolute atomic E-state index is 12.6. The van der Waals surface area contributed by atoms with Crippen molar-refractivity contribution in [2.24, 2.45) is 5.11 Å². The van der Waals surface area contributed by atoms with Crippen LogP contribution in [0.2, 0.25) is 0 Å². The maximum Gasteiger partial charge on any atom is 0.296 e. The minimum absolute atomic E-state index is 0.134. The summed E-state index contributed by atoms with van der Waals surface area (Å²) in [5.41, 5.74) is 6.35. The molecule has 0 aromatic heterocycles. The monoisotopic (exact) mass is 678 g/mol. The number of hydrogen-bond acceptors (Lipinski definition) is 12. The fourth-order valence-corrected chi connectivity index (χ4v) is 8.76. The molecule has 43 heavy (non-hydrogen) atoms. The third-order valence-electron chi connectivity index (χ3n) is 6.41. The molecule has 1 unspecified atom stereocenters. The van der Waals surface area contributed by atoms with Crippen molar-refractivity contribution in [1.82, 2.24) is 5.32 Å². The van der Waals surface area contributed by atoms with Gasteiger partial charge in [-0.05, 0) is 68.8 Å². The molecule has 2 saturated heterocycles. The Kier molecular flexibility index (Phi) is 15.7. The molecule has 2 aliphatic heterocycles. The van der Waals surface area contributed by atoms with Gasteiger partial charge in [0.15, 0.2) is 5.75 Å². The molecule has 16 heteroatoms. The third kappa shape index (κ3) is 11.5. The van der Waals surface area contributed by atoms with Crippen molar-refractivity contribution in [3.05, 3.63) is 18.2 Å². The van der Waals surface area contributed by atoms with Crippen LogP contribution in [-0.2, 0) is 29.2 Å². The number of nitrogens with one attached hydrogen (secondary N) is 3. The van der Waals surface area contributed by atoms with E-state index in [1.165, 1.54) is 38.8 Å². The van der Waals surface area contributed by atoms with E-state index in [4.69, 9.17) is 5.53 Å². The number of phenolic OH excluding ortho intramolecular Hbond substituents is 1. The van der Waals surface area contributed by atoms with Crippen LogP contribution in [0.3, 0.4) is 0 Å². The second kappa shape index (κ2) is 18.1. The van der Waals surface area contributed by atoms with Crippen molar-refractivity contribution in [1.29, 1.82) is 5.53 Å². The van der Waals surface area contributed by atoms with Crippen molar-refractivity contribution < 1.29 is 35.5 Å². The molecular formula is C27H42N4O8S4. The van der Waals surface area contributed by atoms with E-state index in [0.29, 0.717) is 11.7 Å². The summed E-state index contributed by atoms with van der Waals surface area (Å²) in [6, 6.07) is 2.94. The molecule has 2 fully saturated rings. The zero-order valence-corrected chi connectivity index (χ0v) is 28.0. The number of amides is 1. The lowest BCUT2D eigenvalue weighted by Crippen LogP contribution is -2.21. The number of fused-ring (bicyclic) bond motifs is 1. The highest BCUT2D eigenvalue weighted by Crippen LogP contribution is 2.45. The van der Waals surface area contributed by atoms with Gasteiger partial charge in [-0.15, -0.1) is 0 Å². The van der Waals surface area contributed by atoms with E-state index in [1.54, 1.807) is 0 Å². The maximum atomic E-state index is 12.6. The minimum Gasteiger partial charge on any atom is -0.505 e. The van der Waals surface area contributed by atoms with Crippen LogP contribution in [0.25, 0.3) is 10.8 Å². The molecular weight excluding hydrogens is 637 g/mol. The van der Waals surface area contributed by atoms with E-state index in [0.717, 1.165) is 50.3 Å². The van der Waals surface area contributed by atoms with Gasteiger partial charge in [0.25, 0.3) is 20.2 Å². The second-order valence-corrected chi connectivity index (χ2v) is 15.9. The fraction of sp³-hybridized carbons (Fsp3) is 0.593. The number of piperidine rings is 1. The Morgan fingerprint density at radius 3 is 2.30 bits per heavy atom. The number of carbonyl (C=O) groups is 1. The molecule has 5 N–H and O–H groups in total. The van der Waals surface area contributed by atoms with Gasteiger partial charge in [0, 0.05) is 22.8 Å². The number of benzene rings is 2. The number of anilines is 1. The first-order chi connectivity index (χ1) is 20.4. The van der Waals surface area contributed by atoms with Gasteiger partial charge in [0.05, 0.1) is 17.7 Å². The molecule has 1 amide bonds. The second-order valence-electron chi connectivity index (χ2n) is 9.99. The third-order valence-corrected chi connectivity index (χ3v) is 11.5. The molecule has 242 valence electrons. The van der Waals surface area contributed by atoms with Crippen LogP contribution in [0, 0.1) is 5.53 Å². The normalized spacial score (nSPS) is 16.9. The predicted molar refractivity (Wildman–Crippen MR) is 173 cm³/mol. The topological polar surface area (TPSA) is 195 Å². The van der Waals surface area contributed by atoms with E-state index in [2.05, 4.69) is 33.8 Å². The smallest absolute Gasteiger partial charge is 0.296 e. The van der Waals surface area contributed by atoms with Crippen LogP contribution in [-0.4, -0.2) is 63.6 Å². The van der Waals surface area contributed by atoms with Gasteiger partial charge < -0.3 is 15.7 Å². The van der Waals surface area contributed by atoms with E-state index in [9.17, 15) is 31.3 Å². The standard InChI is InChI=1S/C19H23N3O8S4.C5H11N.C3H8/c1-30-34(28,29)13-8-11-9-15(33(25,26)27)18(22-20)19(24)17(11)14(10-13)21-16(23)5-3-2-4-12-6-7-31-32-12;1-2-4-6-5-3-1;1-3-2/h8-10,12,20,24H,2-7H2,1H3,(H,21,23)(H,25,26,27);6H,1-5H2;3H2,1-2H3. The van der Waals surface area contributed by atoms with Crippen LogP contribution in [0.4, 0.5) is 11.4 Å². The predicted octanol–water partition coefficient (Wildman–Crippen LogP) is 6.62. The Morgan fingerprint density at radius 1 is 1.14 bits per heavy atom. The molecule has 1 atom stereocenters. The lowest BCUT2D eigenvalue weighted by molar-refractivity contribution is -0.116. The Bertz CT molecular complexity index is 1430. The van der Waals surface area contributed by atoms with Crippen molar-refractivity contribution in [2.75, 3.05) is 31.3 Å². The zero-order chi connectivity index (χ0) is 32.0. The summed E-state index contributed by atoms with van der Waals surface area (Å²) in [5.74, 6) is -0.129. The average molecular weight is 679 g/mol. The van der Waals surface area contributed by atoms with Gasteiger partial charge in [0.1, 0.15) is 10.6 Å². The molecule has 2 heterocycles. The molecule has 0 radical (unpaired) electrons. The molecule has 2 aromatic rings. The van der Waals surface area contributed by atoms with Gasteiger partial charge in [0.2, 0.25) is 5.91 Å². The highest BCUT2D eigenvalue weighted by Gasteiger charge is 2.26. The SMILES string of the molecule is C1CCNCC1.CCC.COS(=O)(=O)c1cc(NC(=O)CCCCC2CCSS2)c2c(O)c(N=N)c(S(=O)(=O)O)cc2c1. The molecule has 0 spiro atoms. The number of hydrogen-bond donors (Lipinski definition) is 5. The summed E-state index contributed by atoms with van der Waals surface area (Å²) >= 11 is 0. The Labute approximate surface area is 262 Å². The molecule has 0 aliphatic carbocycles. The number of aromatic hydroxyl groups is 1. The molecule has 12 nitrogen and oxygen atoms in total. The highest BCUT2D eigenvalue weighted by molar-refractivity contribution is 8.77.